The fourth-order valence-electron chi connectivity index (χ4n) is 4.63. The van der Waals surface area contributed by atoms with Gasteiger partial charge in [0.1, 0.15) is 18.1 Å². The molecular weight excluding hydrogens is 388 g/mol. The second-order valence-electron chi connectivity index (χ2n) is 8.09. The summed E-state index contributed by atoms with van der Waals surface area (Å²) in [6.45, 7) is 1.42. The van der Waals surface area contributed by atoms with E-state index in [1.165, 1.54) is 0 Å². The van der Waals surface area contributed by atoms with Crippen molar-refractivity contribution in [2.75, 3.05) is 27.4 Å². The SMILES string of the molecule is COc1nc2ccccc2cc1[C@@H](c1ccccc1)[C@@]1(c2ccco2)CCN(C)CO1. The Kier molecular flexibility index (Phi) is 5.22. The Hall–Kier alpha value is -3.15. The summed E-state index contributed by atoms with van der Waals surface area (Å²) in [5, 5.41) is 1.07. The molecule has 0 saturated carbocycles. The van der Waals surface area contributed by atoms with Crippen molar-refractivity contribution in [1.82, 2.24) is 9.88 Å². The van der Waals surface area contributed by atoms with Crippen molar-refractivity contribution in [2.24, 2.45) is 0 Å². The van der Waals surface area contributed by atoms with Crippen LogP contribution < -0.4 is 4.74 Å². The van der Waals surface area contributed by atoms with Gasteiger partial charge in [0, 0.05) is 17.5 Å². The Bertz CT molecular complexity index is 1150. The van der Waals surface area contributed by atoms with Gasteiger partial charge in [-0.05, 0) is 43.3 Å². The largest absolute Gasteiger partial charge is 0.481 e. The summed E-state index contributed by atoms with van der Waals surface area (Å²) in [4.78, 5) is 7.02. The summed E-state index contributed by atoms with van der Waals surface area (Å²) in [6, 6.07) is 24.7. The standard InChI is InChI=1S/C26H26N2O3/c1-28-15-14-26(31-18-28,23-13-8-16-30-23)24(19-9-4-3-5-10-19)21-17-20-11-6-7-12-22(20)27-25(21)29-2/h3-13,16-17,24H,14-15,18H2,1-2H3/t24-,26+/m1/s1. The summed E-state index contributed by atoms with van der Waals surface area (Å²) in [6.07, 6.45) is 2.50. The molecule has 1 aliphatic heterocycles. The van der Waals surface area contributed by atoms with E-state index in [-0.39, 0.29) is 5.92 Å². The number of pyridine rings is 1. The van der Waals surface area contributed by atoms with Crippen LogP contribution in [0.15, 0.2) is 83.5 Å². The quantitative estimate of drug-likeness (QED) is 0.451. The third-order valence-corrected chi connectivity index (χ3v) is 6.17. The van der Waals surface area contributed by atoms with Gasteiger partial charge < -0.3 is 13.9 Å². The highest BCUT2D eigenvalue weighted by Gasteiger charge is 2.49. The van der Waals surface area contributed by atoms with Crippen molar-refractivity contribution in [1.29, 1.82) is 0 Å². The van der Waals surface area contributed by atoms with E-state index in [0.717, 1.165) is 40.8 Å². The third kappa shape index (κ3) is 3.50. The number of benzene rings is 2. The molecule has 3 heterocycles. The molecule has 2 aromatic heterocycles. The molecule has 5 heteroatoms. The van der Waals surface area contributed by atoms with E-state index in [4.69, 9.17) is 18.9 Å². The molecule has 1 aliphatic rings. The first-order chi connectivity index (χ1) is 15.2. The van der Waals surface area contributed by atoms with Crippen LogP contribution in [0.1, 0.15) is 29.2 Å². The van der Waals surface area contributed by atoms with E-state index in [9.17, 15) is 0 Å². The van der Waals surface area contributed by atoms with Crippen LogP contribution in [0.4, 0.5) is 0 Å². The van der Waals surface area contributed by atoms with Crippen molar-refractivity contribution < 1.29 is 13.9 Å². The van der Waals surface area contributed by atoms with Gasteiger partial charge in [0.15, 0.2) is 0 Å². The minimum absolute atomic E-state index is 0.152. The zero-order valence-corrected chi connectivity index (χ0v) is 17.8. The van der Waals surface area contributed by atoms with Gasteiger partial charge in [-0.1, -0.05) is 48.5 Å². The molecule has 1 saturated heterocycles. The summed E-state index contributed by atoms with van der Waals surface area (Å²) >= 11 is 0. The van der Waals surface area contributed by atoms with Crippen molar-refractivity contribution in [3.05, 3.63) is 95.9 Å². The van der Waals surface area contributed by atoms with Gasteiger partial charge in [-0.15, -0.1) is 0 Å². The minimum atomic E-state index is -0.672. The summed E-state index contributed by atoms with van der Waals surface area (Å²) < 4.78 is 18.5. The van der Waals surface area contributed by atoms with Gasteiger partial charge in [-0.3, -0.25) is 4.90 Å². The average Bonchev–Trinajstić information content (AvgIpc) is 3.36. The van der Waals surface area contributed by atoms with Crippen LogP contribution in [0.25, 0.3) is 10.9 Å². The highest BCUT2D eigenvalue weighted by molar-refractivity contribution is 5.80. The molecule has 0 amide bonds. The molecule has 31 heavy (non-hydrogen) atoms. The second kappa shape index (κ2) is 8.17. The zero-order chi connectivity index (χ0) is 21.3. The third-order valence-electron chi connectivity index (χ3n) is 6.17. The molecule has 4 aromatic rings. The molecule has 0 bridgehead atoms. The van der Waals surface area contributed by atoms with Gasteiger partial charge in [0.2, 0.25) is 5.88 Å². The topological polar surface area (TPSA) is 47.7 Å². The number of ether oxygens (including phenoxy) is 2. The lowest BCUT2D eigenvalue weighted by Gasteiger charge is -2.44. The molecule has 2 atom stereocenters. The van der Waals surface area contributed by atoms with Gasteiger partial charge in [-0.25, -0.2) is 4.98 Å². The van der Waals surface area contributed by atoms with E-state index >= 15 is 0 Å². The maximum absolute atomic E-state index is 6.65. The summed E-state index contributed by atoms with van der Waals surface area (Å²) in [5.74, 6) is 1.28. The van der Waals surface area contributed by atoms with E-state index < -0.39 is 5.60 Å². The maximum Gasteiger partial charge on any atom is 0.217 e. The fraction of sp³-hybridized carbons (Fsp3) is 0.269. The van der Waals surface area contributed by atoms with Gasteiger partial charge in [-0.2, -0.15) is 0 Å². The number of aromatic nitrogens is 1. The van der Waals surface area contributed by atoms with E-state index in [1.54, 1.807) is 13.4 Å². The lowest BCUT2D eigenvalue weighted by Crippen LogP contribution is -2.47. The molecule has 0 N–H and O–H groups in total. The van der Waals surface area contributed by atoms with Gasteiger partial charge >= 0.3 is 0 Å². The first-order valence-corrected chi connectivity index (χ1v) is 10.6. The first-order valence-electron chi connectivity index (χ1n) is 10.6. The highest BCUT2D eigenvalue weighted by atomic mass is 16.5. The predicted octanol–water partition coefficient (Wildman–Crippen LogP) is 5.17. The van der Waals surface area contributed by atoms with Crippen LogP contribution in [0.5, 0.6) is 5.88 Å². The van der Waals surface area contributed by atoms with Crippen molar-refractivity contribution >= 4 is 10.9 Å². The summed E-state index contributed by atoms with van der Waals surface area (Å²) in [7, 11) is 3.75. The lowest BCUT2D eigenvalue weighted by molar-refractivity contribution is -0.155. The molecule has 0 radical (unpaired) electrons. The minimum Gasteiger partial charge on any atom is -0.481 e. The maximum atomic E-state index is 6.65. The Morgan fingerprint density at radius 3 is 2.55 bits per heavy atom. The normalized spacial score (nSPS) is 20.6. The summed E-state index contributed by atoms with van der Waals surface area (Å²) in [5.41, 5.74) is 2.37. The number of rotatable bonds is 5. The molecule has 0 unspecified atom stereocenters. The Morgan fingerprint density at radius 1 is 1.03 bits per heavy atom. The second-order valence-corrected chi connectivity index (χ2v) is 8.09. The van der Waals surface area contributed by atoms with Crippen molar-refractivity contribution in [3.63, 3.8) is 0 Å². The van der Waals surface area contributed by atoms with Crippen LogP contribution in [0.2, 0.25) is 0 Å². The van der Waals surface area contributed by atoms with Crippen LogP contribution in [0.3, 0.4) is 0 Å². The number of nitrogens with zero attached hydrogens (tertiary/aromatic N) is 2. The number of para-hydroxylation sites is 1. The molecule has 2 aromatic carbocycles. The molecule has 0 spiro atoms. The van der Waals surface area contributed by atoms with E-state index in [0.29, 0.717) is 12.6 Å². The molecule has 5 nitrogen and oxygen atoms in total. The molecule has 0 aliphatic carbocycles. The van der Waals surface area contributed by atoms with Crippen LogP contribution in [0, 0.1) is 0 Å². The molecule has 1 fully saturated rings. The van der Waals surface area contributed by atoms with Crippen LogP contribution in [-0.4, -0.2) is 37.3 Å². The monoisotopic (exact) mass is 414 g/mol. The van der Waals surface area contributed by atoms with Crippen LogP contribution in [-0.2, 0) is 10.3 Å². The zero-order valence-electron chi connectivity index (χ0n) is 17.8. The van der Waals surface area contributed by atoms with Crippen molar-refractivity contribution in [2.45, 2.75) is 17.9 Å². The van der Waals surface area contributed by atoms with Crippen LogP contribution >= 0.6 is 0 Å². The van der Waals surface area contributed by atoms with Gasteiger partial charge in [0.25, 0.3) is 0 Å². The number of hydrogen-bond donors (Lipinski definition) is 0. The number of hydrogen-bond acceptors (Lipinski definition) is 5. The predicted molar refractivity (Wildman–Crippen MR) is 120 cm³/mol. The molecular formula is C26H26N2O3. The first kappa shape index (κ1) is 19.8. The van der Waals surface area contributed by atoms with Crippen molar-refractivity contribution in [3.8, 4) is 5.88 Å². The molecule has 158 valence electrons. The smallest absolute Gasteiger partial charge is 0.217 e. The number of furan rings is 1. The molecule has 5 rings (SSSR count). The average molecular weight is 415 g/mol. The highest BCUT2D eigenvalue weighted by Crippen LogP contribution is 2.50. The van der Waals surface area contributed by atoms with E-state index in [1.807, 2.05) is 36.4 Å². The Balaban J connectivity index is 1.78. The van der Waals surface area contributed by atoms with E-state index in [2.05, 4.69) is 48.3 Å². The Morgan fingerprint density at radius 2 is 1.84 bits per heavy atom. The number of methoxy groups -OCH3 is 1. The number of fused-ring (bicyclic) bond motifs is 1. The fourth-order valence-corrected chi connectivity index (χ4v) is 4.63. The lowest BCUT2D eigenvalue weighted by atomic mass is 9.73. The Labute approximate surface area is 182 Å². The van der Waals surface area contributed by atoms with Gasteiger partial charge in [0.05, 0.1) is 24.8 Å².